The zero-order valence-electron chi connectivity index (χ0n) is 10.6. The van der Waals surface area contributed by atoms with Crippen molar-refractivity contribution in [1.29, 1.82) is 0 Å². The summed E-state index contributed by atoms with van der Waals surface area (Å²) in [7, 11) is 0. The molecule has 19 heavy (non-hydrogen) atoms. The molecule has 0 bridgehead atoms. The lowest BCUT2D eigenvalue weighted by Gasteiger charge is -2.29. The number of hydrogen-bond acceptors (Lipinski definition) is 2. The fraction of sp³-hybridized carbons (Fsp3) is 0.462. The van der Waals surface area contributed by atoms with E-state index in [0.717, 1.165) is 12.8 Å². The number of hydrogen-bond donors (Lipinski definition) is 2. The van der Waals surface area contributed by atoms with Crippen LogP contribution in [-0.2, 0) is 0 Å². The van der Waals surface area contributed by atoms with Crippen molar-refractivity contribution in [3.8, 4) is 0 Å². The summed E-state index contributed by atoms with van der Waals surface area (Å²) < 4.78 is 13.3. The quantitative estimate of drug-likeness (QED) is 0.898. The Morgan fingerprint density at radius 1 is 1.58 bits per heavy atom. The van der Waals surface area contributed by atoms with E-state index >= 15 is 0 Å². The van der Waals surface area contributed by atoms with Gasteiger partial charge in [0.2, 0.25) is 0 Å². The average Bonchev–Trinajstić information content (AvgIpc) is 3.16. The fourth-order valence-electron chi connectivity index (χ4n) is 2.05. The van der Waals surface area contributed by atoms with Crippen LogP contribution in [0.1, 0.15) is 30.1 Å². The first-order chi connectivity index (χ1) is 8.48. The zero-order chi connectivity index (χ0) is 13.3. The second kappa shape index (κ2) is 6.07. The molecule has 3 N–H and O–H groups in total. The largest absolute Gasteiger partial charge is 0.345 e. The molecular formula is C13H17Cl2FN2O. The summed E-state index contributed by atoms with van der Waals surface area (Å²) in [6.07, 6.45) is 2.12. The van der Waals surface area contributed by atoms with Crippen molar-refractivity contribution in [1.82, 2.24) is 5.32 Å². The maximum atomic E-state index is 13.3. The van der Waals surface area contributed by atoms with Gasteiger partial charge in [0.15, 0.2) is 0 Å². The predicted octanol–water partition coefficient (Wildman–Crippen LogP) is 2.76. The molecule has 0 radical (unpaired) electrons. The van der Waals surface area contributed by atoms with Crippen molar-refractivity contribution < 1.29 is 9.18 Å². The Labute approximate surface area is 123 Å². The maximum absolute atomic E-state index is 13.3. The first kappa shape index (κ1) is 16.2. The summed E-state index contributed by atoms with van der Waals surface area (Å²) in [5.74, 6) is -0.566. The topological polar surface area (TPSA) is 55.1 Å². The molecule has 1 aliphatic rings. The molecular weight excluding hydrogens is 290 g/mol. The zero-order valence-corrected chi connectivity index (χ0v) is 12.2. The molecule has 1 aliphatic carbocycles. The lowest BCUT2D eigenvalue weighted by molar-refractivity contribution is 0.0897. The molecule has 1 fully saturated rings. The Bertz CT molecular complexity index is 480. The van der Waals surface area contributed by atoms with Gasteiger partial charge in [0, 0.05) is 6.54 Å². The normalized spacial score (nSPS) is 17.3. The highest BCUT2D eigenvalue weighted by Gasteiger charge is 2.41. The fourth-order valence-corrected chi connectivity index (χ4v) is 2.26. The highest BCUT2D eigenvalue weighted by Crippen LogP contribution is 2.39. The van der Waals surface area contributed by atoms with Crippen LogP contribution < -0.4 is 11.1 Å². The number of rotatable bonds is 4. The van der Waals surface area contributed by atoms with Crippen LogP contribution in [0.5, 0.6) is 0 Å². The van der Waals surface area contributed by atoms with E-state index < -0.39 is 11.4 Å². The van der Waals surface area contributed by atoms with Gasteiger partial charge in [0.05, 0.1) is 16.1 Å². The van der Waals surface area contributed by atoms with Gasteiger partial charge >= 0.3 is 0 Å². The van der Waals surface area contributed by atoms with Gasteiger partial charge in [-0.15, -0.1) is 12.4 Å². The third-order valence-electron chi connectivity index (χ3n) is 3.50. The molecule has 1 amide bonds. The summed E-state index contributed by atoms with van der Waals surface area (Å²) in [5.41, 5.74) is 5.43. The maximum Gasteiger partial charge on any atom is 0.253 e. The number of carbonyl (C=O) groups is 1. The van der Waals surface area contributed by atoms with Crippen molar-refractivity contribution in [2.24, 2.45) is 11.7 Å². The van der Waals surface area contributed by atoms with E-state index in [4.69, 9.17) is 17.3 Å². The van der Waals surface area contributed by atoms with Crippen LogP contribution in [0.25, 0.3) is 0 Å². The van der Waals surface area contributed by atoms with E-state index in [1.165, 1.54) is 18.2 Å². The van der Waals surface area contributed by atoms with Gasteiger partial charge in [-0.3, -0.25) is 4.79 Å². The Morgan fingerprint density at radius 2 is 2.21 bits per heavy atom. The highest BCUT2D eigenvalue weighted by molar-refractivity contribution is 6.34. The van der Waals surface area contributed by atoms with Gasteiger partial charge < -0.3 is 11.1 Å². The van der Waals surface area contributed by atoms with Crippen molar-refractivity contribution >= 4 is 29.9 Å². The van der Waals surface area contributed by atoms with Crippen LogP contribution in [0.2, 0.25) is 5.02 Å². The smallest absolute Gasteiger partial charge is 0.253 e. The minimum absolute atomic E-state index is 0. The van der Waals surface area contributed by atoms with E-state index in [1.54, 1.807) is 0 Å². The summed E-state index contributed by atoms with van der Waals surface area (Å²) >= 11 is 5.79. The molecule has 1 atom stereocenters. The van der Waals surface area contributed by atoms with E-state index in [-0.39, 0.29) is 28.9 Å². The van der Waals surface area contributed by atoms with Gasteiger partial charge in [0.1, 0.15) is 5.82 Å². The SMILES string of the molecule is CC(CN)(NC(=O)c1cccc(F)c1Cl)C1CC1.Cl. The third-order valence-corrected chi connectivity index (χ3v) is 3.88. The van der Waals surface area contributed by atoms with Gasteiger partial charge in [-0.05, 0) is 37.8 Å². The number of carbonyl (C=O) groups excluding carboxylic acids is 1. The van der Waals surface area contributed by atoms with Crippen molar-refractivity contribution in [3.63, 3.8) is 0 Å². The van der Waals surface area contributed by atoms with Crippen LogP contribution in [0.3, 0.4) is 0 Å². The van der Waals surface area contributed by atoms with Gasteiger partial charge in [0.25, 0.3) is 5.91 Å². The second-order valence-electron chi connectivity index (χ2n) is 4.95. The standard InChI is InChI=1S/C13H16ClFN2O.ClH/c1-13(7-16,8-5-6-8)17-12(18)9-3-2-4-10(15)11(9)14;/h2-4,8H,5-7,16H2,1H3,(H,17,18);1H. The van der Waals surface area contributed by atoms with E-state index in [0.29, 0.717) is 12.5 Å². The number of amides is 1. The molecule has 1 aromatic carbocycles. The van der Waals surface area contributed by atoms with E-state index in [1.807, 2.05) is 6.92 Å². The summed E-state index contributed by atoms with van der Waals surface area (Å²) in [4.78, 5) is 12.1. The first-order valence-electron chi connectivity index (χ1n) is 5.94. The molecule has 1 saturated carbocycles. The summed E-state index contributed by atoms with van der Waals surface area (Å²) in [6, 6.07) is 4.19. The molecule has 1 aromatic rings. The average molecular weight is 307 g/mol. The predicted molar refractivity (Wildman–Crippen MR) is 76.3 cm³/mol. The Morgan fingerprint density at radius 3 is 2.74 bits per heavy atom. The summed E-state index contributed by atoms with van der Waals surface area (Å²) in [6.45, 7) is 2.27. The van der Waals surface area contributed by atoms with Crippen LogP contribution in [0.15, 0.2) is 18.2 Å². The molecule has 3 nitrogen and oxygen atoms in total. The monoisotopic (exact) mass is 306 g/mol. The molecule has 0 spiro atoms. The van der Waals surface area contributed by atoms with Crippen LogP contribution in [0, 0.1) is 11.7 Å². The van der Waals surface area contributed by atoms with Crippen LogP contribution in [0.4, 0.5) is 4.39 Å². The number of halogens is 3. The lowest BCUT2D eigenvalue weighted by Crippen LogP contribution is -2.53. The number of nitrogens with one attached hydrogen (secondary N) is 1. The molecule has 106 valence electrons. The van der Waals surface area contributed by atoms with Crippen molar-refractivity contribution in [2.75, 3.05) is 6.54 Å². The highest BCUT2D eigenvalue weighted by atomic mass is 35.5. The summed E-state index contributed by atoms with van der Waals surface area (Å²) in [5, 5.41) is 2.73. The number of benzene rings is 1. The minimum Gasteiger partial charge on any atom is -0.345 e. The molecule has 2 rings (SSSR count). The first-order valence-corrected chi connectivity index (χ1v) is 6.32. The van der Waals surface area contributed by atoms with Crippen molar-refractivity contribution in [3.05, 3.63) is 34.6 Å². The second-order valence-corrected chi connectivity index (χ2v) is 5.33. The Hall–Kier alpha value is -0.840. The molecule has 0 aromatic heterocycles. The van der Waals surface area contributed by atoms with Gasteiger partial charge in [-0.2, -0.15) is 0 Å². The van der Waals surface area contributed by atoms with Crippen LogP contribution in [-0.4, -0.2) is 18.0 Å². The minimum atomic E-state index is -0.592. The molecule has 0 heterocycles. The molecule has 6 heteroatoms. The van der Waals surface area contributed by atoms with Gasteiger partial charge in [-0.1, -0.05) is 17.7 Å². The third kappa shape index (κ3) is 3.38. The number of nitrogens with two attached hydrogens (primary N) is 1. The lowest BCUT2D eigenvalue weighted by atomic mass is 9.95. The molecule has 0 aliphatic heterocycles. The van der Waals surface area contributed by atoms with Crippen LogP contribution >= 0.6 is 24.0 Å². The van der Waals surface area contributed by atoms with Crippen molar-refractivity contribution in [2.45, 2.75) is 25.3 Å². The van der Waals surface area contributed by atoms with Gasteiger partial charge in [-0.25, -0.2) is 4.39 Å². The molecule has 1 unspecified atom stereocenters. The Balaban J connectivity index is 0.00000180. The van der Waals surface area contributed by atoms with E-state index in [2.05, 4.69) is 5.32 Å². The molecule has 0 saturated heterocycles. The van der Waals surface area contributed by atoms with E-state index in [9.17, 15) is 9.18 Å². The Kier molecular flexibility index (Phi) is 5.18.